The van der Waals surface area contributed by atoms with Gasteiger partial charge in [-0.2, -0.15) is 0 Å². The number of hydrogen-bond acceptors (Lipinski definition) is 3. The van der Waals surface area contributed by atoms with Gasteiger partial charge in [-0.1, -0.05) is 0 Å². The minimum atomic E-state index is -0.937. The summed E-state index contributed by atoms with van der Waals surface area (Å²) < 4.78 is 5.32. The van der Waals surface area contributed by atoms with Crippen LogP contribution < -0.4 is 10.6 Å². The highest BCUT2D eigenvalue weighted by molar-refractivity contribution is 5.76. The highest BCUT2D eigenvalue weighted by Crippen LogP contribution is 2.13. The van der Waals surface area contributed by atoms with Crippen molar-refractivity contribution in [1.29, 1.82) is 0 Å². The molecule has 0 aromatic rings. The first-order valence-corrected chi connectivity index (χ1v) is 5.72. The minimum Gasteiger partial charge on any atom is -0.481 e. The molecule has 1 aliphatic rings. The first kappa shape index (κ1) is 13.8. The number of aliphatic carboxylic acids is 1. The Balaban J connectivity index is 2.40. The Hall–Kier alpha value is -1.30. The van der Waals surface area contributed by atoms with Crippen LogP contribution in [0.25, 0.3) is 0 Å². The molecule has 0 aromatic carbocycles. The van der Waals surface area contributed by atoms with Crippen LogP contribution >= 0.6 is 0 Å². The van der Waals surface area contributed by atoms with Crippen LogP contribution in [0, 0.1) is 0 Å². The summed E-state index contributed by atoms with van der Waals surface area (Å²) in [6.45, 7) is 5.90. The van der Waals surface area contributed by atoms with E-state index in [1.165, 1.54) is 0 Å². The van der Waals surface area contributed by atoms with Gasteiger partial charge < -0.3 is 20.5 Å². The number of carbonyl (C=O) groups excluding carboxylic acids is 1. The number of rotatable bonds is 4. The topological polar surface area (TPSA) is 87.7 Å². The molecule has 2 amide bonds. The molecule has 6 nitrogen and oxygen atoms in total. The molecule has 98 valence electrons. The predicted molar refractivity (Wildman–Crippen MR) is 61.8 cm³/mol. The van der Waals surface area contributed by atoms with Crippen molar-refractivity contribution in [3.63, 3.8) is 0 Å². The number of ether oxygens (including phenoxy) is 1. The Morgan fingerprint density at radius 1 is 1.47 bits per heavy atom. The Kier molecular flexibility index (Phi) is 4.34. The van der Waals surface area contributed by atoms with E-state index in [1.54, 1.807) is 13.8 Å². The summed E-state index contributed by atoms with van der Waals surface area (Å²) >= 11 is 0. The van der Waals surface area contributed by atoms with Crippen molar-refractivity contribution >= 4 is 12.0 Å². The Bertz CT molecular complexity index is 304. The monoisotopic (exact) mass is 244 g/mol. The standard InChI is InChI=1S/C11H20N2O4/c1-7-8(4-5-17-7)12-10(16)13-11(2,3)6-9(14)15/h7-8H,4-6H2,1-3H3,(H,14,15)(H2,12,13,16). The van der Waals surface area contributed by atoms with Gasteiger partial charge in [0.1, 0.15) is 0 Å². The van der Waals surface area contributed by atoms with E-state index in [-0.39, 0.29) is 24.6 Å². The van der Waals surface area contributed by atoms with Crippen LogP contribution in [-0.2, 0) is 9.53 Å². The van der Waals surface area contributed by atoms with E-state index in [1.807, 2.05) is 6.92 Å². The fourth-order valence-electron chi connectivity index (χ4n) is 1.86. The molecule has 17 heavy (non-hydrogen) atoms. The third-order valence-electron chi connectivity index (χ3n) is 2.74. The van der Waals surface area contributed by atoms with Crippen molar-refractivity contribution in [2.24, 2.45) is 0 Å². The number of hydrogen-bond donors (Lipinski definition) is 3. The smallest absolute Gasteiger partial charge is 0.315 e. The van der Waals surface area contributed by atoms with Gasteiger partial charge in [-0.25, -0.2) is 4.79 Å². The molecule has 0 spiro atoms. The van der Waals surface area contributed by atoms with E-state index in [0.29, 0.717) is 6.61 Å². The summed E-state index contributed by atoms with van der Waals surface area (Å²) in [4.78, 5) is 22.3. The molecule has 0 bridgehead atoms. The van der Waals surface area contributed by atoms with Crippen molar-refractivity contribution in [3.8, 4) is 0 Å². The third-order valence-corrected chi connectivity index (χ3v) is 2.74. The highest BCUT2D eigenvalue weighted by atomic mass is 16.5. The van der Waals surface area contributed by atoms with Crippen LogP contribution in [0.15, 0.2) is 0 Å². The van der Waals surface area contributed by atoms with Crippen LogP contribution in [0.3, 0.4) is 0 Å². The summed E-state index contributed by atoms with van der Waals surface area (Å²) in [7, 11) is 0. The molecule has 2 unspecified atom stereocenters. The lowest BCUT2D eigenvalue weighted by Crippen LogP contribution is -2.52. The maximum atomic E-state index is 11.7. The number of urea groups is 1. The van der Waals surface area contributed by atoms with Gasteiger partial charge in [-0.3, -0.25) is 4.79 Å². The van der Waals surface area contributed by atoms with Gasteiger partial charge in [-0.05, 0) is 27.2 Å². The summed E-state index contributed by atoms with van der Waals surface area (Å²) in [5.41, 5.74) is -0.765. The molecule has 2 atom stereocenters. The minimum absolute atomic E-state index is 0.00309. The second-order valence-electron chi connectivity index (χ2n) is 5.02. The van der Waals surface area contributed by atoms with Crippen molar-refractivity contribution in [3.05, 3.63) is 0 Å². The largest absolute Gasteiger partial charge is 0.481 e. The van der Waals surface area contributed by atoms with Crippen LogP contribution in [0.2, 0.25) is 0 Å². The second-order valence-corrected chi connectivity index (χ2v) is 5.02. The molecule has 1 saturated heterocycles. The Morgan fingerprint density at radius 3 is 2.59 bits per heavy atom. The predicted octanol–water partition coefficient (Wildman–Crippen LogP) is 0.716. The molecule has 1 rings (SSSR count). The fraction of sp³-hybridized carbons (Fsp3) is 0.818. The maximum absolute atomic E-state index is 11.7. The zero-order valence-electron chi connectivity index (χ0n) is 10.4. The zero-order chi connectivity index (χ0) is 13.1. The highest BCUT2D eigenvalue weighted by Gasteiger charge is 2.28. The molecular weight excluding hydrogens is 224 g/mol. The van der Waals surface area contributed by atoms with Gasteiger partial charge in [0.05, 0.1) is 18.6 Å². The Morgan fingerprint density at radius 2 is 2.12 bits per heavy atom. The van der Waals surface area contributed by atoms with Crippen molar-refractivity contribution < 1.29 is 19.4 Å². The third kappa shape index (κ3) is 4.60. The van der Waals surface area contributed by atoms with Gasteiger partial charge in [0.25, 0.3) is 0 Å². The summed E-state index contributed by atoms with van der Waals surface area (Å²) in [6, 6.07) is -0.353. The molecule has 0 saturated carbocycles. The quantitative estimate of drug-likeness (QED) is 0.680. The van der Waals surface area contributed by atoms with E-state index < -0.39 is 11.5 Å². The molecule has 1 fully saturated rings. The molecule has 0 aliphatic carbocycles. The maximum Gasteiger partial charge on any atom is 0.315 e. The van der Waals surface area contributed by atoms with E-state index in [2.05, 4.69) is 10.6 Å². The van der Waals surface area contributed by atoms with Gasteiger partial charge in [0, 0.05) is 12.1 Å². The number of carboxylic acid groups (broad SMARTS) is 1. The van der Waals surface area contributed by atoms with Gasteiger partial charge >= 0.3 is 12.0 Å². The van der Waals surface area contributed by atoms with Gasteiger partial charge in [0.15, 0.2) is 0 Å². The Labute approximate surface area is 101 Å². The van der Waals surface area contributed by atoms with E-state index in [4.69, 9.17) is 9.84 Å². The van der Waals surface area contributed by atoms with Crippen LogP contribution in [0.5, 0.6) is 0 Å². The van der Waals surface area contributed by atoms with Crippen molar-refractivity contribution in [2.75, 3.05) is 6.61 Å². The molecule has 3 N–H and O–H groups in total. The molecule has 6 heteroatoms. The lowest BCUT2D eigenvalue weighted by Gasteiger charge is -2.26. The van der Waals surface area contributed by atoms with Gasteiger partial charge in [0.2, 0.25) is 0 Å². The van der Waals surface area contributed by atoms with Crippen LogP contribution in [0.1, 0.15) is 33.6 Å². The average molecular weight is 244 g/mol. The van der Waals surface area contributed by atoms with Crippen LogP contribution in [-0.4, -0.2) is 41.4 Å². The summed E-state index contributed by atoms with van der Waals surface area (Å²) in [6.07, 6.45) is 0.675. The molecule has 0 radical (unpaired) electrons. The lowest BCUT2D eigenvalue weighted by molar-refractivity contribution is -0.138. The van der Waals surface area contributed by atoms with Gasteiger partial charge in [-0.15, -0.1) is 0 Å². The van der Waals surface area contributed by atoms with Crippen LogP contribution in [0.4, 0.5) is 4.79 Å². The second kappa shape index (κ2) is 5.35. The first-order valence-electron chi connectivity index (χ1n) is 5.72. The normalized spacial score (nSPS) is 24.4. The van der Waals surface area contributed by atoms with Crippen molar-refractivity contribution in [1.82, 2.24) is 10.6 Å². The zero-order valence-corrected chi connectivity index (χ0v) is 10.4. The molecule has 0 aromatic heterocycles. The summed E-state index contributed by atoms with van der Waals surface area (Å²) in [5, 5.41) is 14.1. The molecular formula is C11H20N2O4. The summed E-state index contributed by atoms with van der Waals surface area (Å²) in [5.74, 6) is -0.937. The molecule has 1 heterocycles. The van der Waals surface area contributed by atoms with Crippen molar-refractivity contribution in [2.45, 2.75) is 51.3 Å². The number of amides is 2. The number of nitrogens with one attached hydrogen (secondary N) is 2. The fourth-order valence-corrected chi connectivity index (χ4v) is 1.86. The first-order chi connectivity index (χ1) is 7.80. The van der Waals surface area contributed by atoms with E-state index in [9.17, 15) is 9.59 Å². The average Bonchev–Trinajstić information content (AvgIpc) is 2.47. The SMILES string of the molecule is CC1OCCC1NC(=O)NC(C)(C)CC(=O)O. The van der Waals surface area contributed by atoms with E-state index >= 15 is 0 Å². The molecule has 1 aliphatic heterocycles. The number of carbonyl (C=O) groups is 2. The number of carboxylic acids is 1. The lowest BCUT2D eigenvalue weighted by atomic mass is 10.0. The van der Waals surface area contributed by atoms with E-state index in [0.717, 1.165) is 6.42 Å².